The largest absolute Gasteiger partial charge is 0.433 e. The van der Waals surface area contributed by atoms with Gasteiger partial charge >= 0.3 is 11.9 Å². The maximum atomic E-state index is 12.8. The number of rotatable bonds is 3. The fourth-order valence-electron chi connectivity index (χ4n) is 2.66. The van der Waals surface area contributed by atoms with Gasteiger partial charge in [0, 0.05) is 12.1 Å². The van der Waals surface area contributed by atoms with Crippen molar-refractivity contribution in [1.82, 2.24) is 14.1 Å². The third kappa shape index (κ3) is 3.60. The van der Waals surface area contributed by atoms with Crippen LogP contribution in [0.3, 0.4) is 0 Å². The molecule has 3 aromatic rings. The van der Waals surface area contributed by atoms with E-state index >= 15 is 0 Å². The lowest BCUT2D eigenvalue weighted by molar-refractivity contribution is -0.141. The molecule has 1 N–H and O–H groups in total. The minimum atomic E-state index is -4.70. The predicted octanol–water partition coefficient (Wildman–Crippen LogP) is 2.50. The van der Waals surface area contributed by atoms with E-state index in [4.69, 9.17) is 11.6 Å². The van der Waals surface area contributed by atoms with E-state index in [9.17, 15) is 27.9 Å². The molecule has 0 bridgehead atoms. The highest BCUT2D eigenvalue weighted by Gasteiger charge is 2.33. The lowest BCUT2D eigenvalue weighted by Gasteiger charge is -2.15. The Bertz CT molecular complexity index is 1120. The first-order valence-electron chi connectivity index (χ1n) is 7.71. The van der Waals surface area contributed by atoms with Crippen molar-refractivity contribution >= 4 is 22.6 Å². The number of aryl methyl sites for hydroxylation is 1. The molecule has 0 saturated carbocycles. The number of nitrogens with zero attached hydrogens (tertiary/aromatic N) is 3. The second kappa shape index (κ2) is 6.82. The number of pyridine rings is 1. The summed E-state index contributed by atoms with van der Waals surface area (Å²) < 4.78 is 40.1. The lowest BCUT2D eigenvalue weighted by atomic mass is 10.1. The Morgan fingerprint density at radius 3 is 2.37 bits per heavy atom. The van der Waals surface area contributed by atoms with Crippen LogP contribution < -0.4 is 11.2 Å². The van der Waals surface area contributed by atoms with E-state index in [2.05, 4.69) is 4.98 Å². The van der Waals surface area contributed by atoms with Gasteiger partial charge in [0.2, 0.25) is 0 Å². The number of aromatic nitrogens is 3. The summed E-state index contributed by atoms with van der Waals surface area (Å²) in [7, 11) is 1.21. The van der Waals surface area contributed by atoms with Crippen LogP contribution in [0.1, 0.15) is 17.4 Å². The summed E-state index contributed by atoms with van der Waals surface area (Å²) in [6.07, 6.45) is -5.89. The Balaban J connectivity index is 2.10. The fourth-order valence-corrected chi connectivity index (χ4v) is 2.78. The average Bonchev–Trinajstić information content (AvgIpc) is 2.62. The highest BCUT2D eigenvalue weighted by Crippen LogP contribution is 2.28. The van der Waals surface area contributed by atoms with Gasteiger partial charge in [0.05, 0.1) is 18.0 Å². The molecule has 27 heavy (non-hydrogen) atoms. The van der Waals surface area contributed by atoms with Gasteiger partial charge in [0.1, 0.15) is 11.3 Å². The van der Waals surface area contributed by atoms with Crippen molar-refractivity contribution in [3.8, 4) is 0 Å². The molecule has 1 unspecified atom stereocenters. The SMILES string of the molecule is Cn1c(=O)n(CC(O)c2ccc(Cl)cc2)c(=O)c2ccc(C(F)(F)F)nc21. The maximum Gasteiger partial charge on any atom is 0.433 e. The zero-order valence-corrected chi connectivity index (χ0v) is 14.6. The number of benzene rings is 1. The van der Waals surface area contributed by atoms with Crippen molar-refractivity contribution in [3.05, 3.63) is 73.5 Å². The molecule has 3 rings (SSSR count). The second-order valence-electron chi connectivity index (χ2n) is 5.89. The van der Waals surface area contributed by atoms with Crippen LogP contribution in [0.5, 0.6) is 0 Å². The summed E-state index contributed by atoms with van der Waals surface area (Å²) in [6, 6.07) is 7.82. The van der Waals surface area contributed by atoms with Crippen LogP contribution in [0.25, 0.3) is 11.0 Å². The zero-order valence-electron chi connectivity index (χ0n) is 13.9. The summed E-state index contributed by atoms with van der Waals surface area (Å²) >= 11 is 5.78. The molecule has 2 aromatic heterocycles. The Morgan fingerprint density at radius 1 is 1.15 bits per heavy atom. The van der Waals surface area contributed by atoms with Crippen molar-refractivity contribution in [2.45, 2.75) is 18.8 Å². The van der Waals surface area contributed by atoms with Crippen molar-refractivity contribution in [2.24, 2.45) is 7.05 Å². The Hall–Kier alpha value is -2.65. The van der Waals surface area contributed by atoms with Gasteiger partial charge in [0.25, 0.3) is 5.56 Å². The molecule has 0 fully saturated rings. The first-order chi connectivity index (χ1) is 12.6. The minimum absolute atomic E-state index is 0.159. The molecule has 1 atom stereocenters. The Morgan fingerprint density at radius 2 is 1.78 bits per heavy atom. The zero-order chi connectivity index (χ0) is 19.9. The molecule has 0 spiro atoms. The predicted molar refractivity (Wildman–Crippen MR) is 92.7 cm³/mol. The fraction of sp³-hybridized carbons (Fsp3) is 0.235. The Kier molecular flexibility index (Phi) is 4.83. The minimum Gasteiger partial charge on any atom is -0.387 e. The van der Waals surface area contributed by atoms with Crippen molar-refractivity contribution in [2.75, 3.05) is 0 Å². The van der Waals surface area contributed by atoms with E-state index in [1.54, 1.807) is 24.3 Å². The van der Waals surface area contributed by atoms with E-state index in [0.29, 0.717) is 16.7 Å². The first kappa shape index (κ1) is 19.1. The summed E-state index contributed by atoms with van der Waals surface area (Å²) in [5.74, 6) is 0. The molecule has 0 amide bonds. The highest BCUT2D eigenvalue weighted by molar-refractivity contribution is 6.30. The molecule has 0 saturated heterocycles. The first-order valence-corrected chi connectivity index (χ1v) is 8.08. The highest BCUT2D eigenvalue weighted by atomic mass is 35.5. The molecule has 1 aromatic carbocycles. The van der Waals surface area contributed by atoms with Crippen molar-refractivity contribution < 1.29 is 18.3 Å². The summed E-state index contributed by atoms with van der Waals surface area (Å²) in [5, 5.41) is 10.6. The lowest BCUT2D eigenvalue weighted by Crippen LogP contribution is -2.40. The number of aliphatic hydroxyl groups excluding tert-OH is 1. The van der Waals surface area contributed by atoms with Gasteiger partial charge in [-0.05, 0) is 29.8 Å². The number of hydrogen-bond acceptors (Lipinski definition) is 4. The molecule has 2 heterocycles. The number of alkyl halides is 3. The van der Waals surface area contributed by atoms with Gasteiger partial charge in [-0.25, -0.2) is 9.78 Å². The molecule has 0 aliphatic rings. The molecule has 0 aliphatic heterocycles. The van der Waals surface area contributed by atoms with E-state index in [0.717, 1.165) is 15.2 Å². The normalized spacial score (nSPS) is 13.1. The van der Waals surface area contributed by atoms with E-state index in [1.165, 1.54) is 7.05 Å². The van der Waals surface area contributed by atoms with Crippen LogP contribution >= 0.6 is 11.6 Å². The van der Waals surface area contributed by atoms with Crippen LogP contribution in [-0.4, -0.2) is 19.2 Å². The van der Waals surface area contributed by atoms with E-state index in [-0.39, 0.29) is 17.6 Å². The maximum absolute atomic E-state index is 12.8. The number of hydrogen-bond donors (Lipinski definition) is 1. The van der Waals surface area contributed by atoms with E-state index < -0.39 is 29.2 Å². The third-order valence-electron chi connectivity index (χ3n) is 4.09. The van der Waals surface area contributed by atoms with Crippen molar-refractivity contribution in [1.29, 1.82) is 0 Å². The van der Waals surface area contributed by atoms with Crippen LogP contribution in [0, 0.1) is 0 Å². The van der Waals surface area contributed by atoms with Crippen LogP contribution in [0.2, 0.25) is 5.02 Å². The molecule has 6 nitrogen and oxygen atoms in total. The number of aliphatic hydroxyl groups is 1. The molecule has 0 radical (unpaired) electrons. The summed E-state index contributed by atoms with van der Waals surface area (Å²) in [4.78, 5) is 28.4. The van der Waals surface area contributed by atoms with Gasteiger partial charge < -0.3 is 5.11 Å². The smallest absolute Gasteiger partial charge is 0.387 e. The molecule has 0 aliphatic carbocycles. The standard InChI is InChI=1S/C17H13ClF3N3O3/c1-23-14-11(6-7-13(22-14)17(19,20)21)15(26)24(16(23)27)8-12(25)9-2-4-10(18)5-3-9/h2-7,12,25H,8H2,1H3. The average molecular weight is 400 g/mol. The van der Waals surface area contributed by atoms with Crippen LogP contribution in [0.15, 0.2) is 46.0 Å². The van der Waals surface area contributed by atoms with Gasteiger partial charge in [0.15, 0.2) is 0 Å². The van der Waals surface area contributed by atoms with Gasteiger partial charge in [-0.15, -0.1) is 0 Å². The Labute approximate surface area is 155 Å². The van der Waals surface area contributed by atoms with Crippen LogP contribution in [0.4, 0.5) is 13.2 Å². The molecular formula is C17H13ClF3N3O3. The second-order valence-corrected chi connectivity index (χ2v) is 6.33. The van der Waals surface area contributed by atoms with Crippen molar-refractivity contribution in [3.63, 3.8) is 0 Å². The van der Waals surface area contributed by atoms with Gasteiger partial charge in [-0.3, -0.25) is 13.9 Å². The van der Waals surface area contributed by atoms with E-state index in [1.807, 2.05) is 0 Å². The van der Waals surface area contributed by atoms with Gasteiger partial charge in [-0.1, -0.05) is 23.7 Å². The molecule has 10 heteroatoms. The number of halogens is 4. The van der Waals surface area contributed by atoms with Gasteiger partial charge in [-0.2, -0.15) is 13.2 Å². The summed E-state index contributed by atoms with van der Waals surface area (Å²) in [5.41, 5.74) is -2.87. The topological polar surface area (TPSA) is 77.1 Å². The molecular weight excluding hydrogens is 387 g/mol. The molecule has 142 valence electrons. The number of fused-ring (bicyclic) bond motifs is 1. The van der Waals surface area contributed by atoms with Crippen LogP contribution in [-0.2, 0) is 19.8 Å². The quantitative estimate of drug-likeness (QED) is 0.734. The monoisotopic (exact) mass is 399 g/mol. The third-order valence-corrected chi connectivity index (χ3v) is 4.34. The summed E-state index contributed by atoms with van der Waals surface area (Å²) in [6.45, 7) is -0.371.